The molecule has 24 heavy (non-hydrogen) atoms. The van der Waals surface area contributed by atoms with Crippen molar-refractivity contribution in [1.29, 1.82) is 0 Å². The van der Waals surface area contributed by atoms with Crippen molar-refractivity contribution >= 4 is 6.03 Å². The van der Waals surface area contributed by atoms with E-state index in [4.69, 9.17) is 4.74 Å². The first-order valence-corrected chi connectivity index (χ1v) is 8.31. The number of amides is 2. The van der Waals surface area contributed by atoms with Gasteiger partial charge in [-0.2, -0.15) is 0 Å². The van der Waals surface area contributed by atoms with E-state index in [9.17, 15) is 4.79 Å². The Morgan fingerprint density at radius 2 is 2.08 bits per heavy atom. The topological polar surface area (TPSA) is 67.4 Å². The van der Waals surface area contributed by atoms with Crippen LogP contribution in [0, 0.1) is 5.92 Å². The van der Waals surface area contributed by atoms with Gasteiger partial charge >= 0.3 is 6.03 Å². The second-order valence-electron chi connectivity index (χ2n) is 5.87. The van der Waals surface area contributed by atoms with E-state index in [-0.39, 0.29) is 6.03 Å². The Balaban J connectivity index is 1.50. The van der Waals surface area contributed by atoms with Crippen molar-refractivity contribution in [2.24, 2.45) is 5.92 Å². The van der Waals surface area contributed by atoms with Gasteiger partial charge in [0.25, 0.3) is 0 Å². The summed E-state index contributed by atoms with van der Waals surface area (Å²) >= 11 is 0. The zero-order chi connectivity index (χ0) is 16.8. The Kier molecular flexibility index (Phi) is 5.25. The van der Waals surface area contributed by atoms with Gasteiger partial charge in [-0.1, -0.05) is 30.3 Å². The molecule has 1 aliphatic rings. The molecular weight excluding hydrogens is 304 g/mol. The predicted octanol–water partition coefficient (Wildman–Crippen LogP) is 2.57. The van der Waals surface area contributed by atoms with E-state index in [1.165, 1.54) is 0 Å². The lowest BCUT2D eigenvalue weighted by Crippen LogP contribution is -2.38. The fraction of sp³-hybridized carbons (Fsp3) is 0.389. The van der Waals surface area contributed by atoms with Crippen molar-refractivity contribution in [3.05, 3.63) is 42.5 Å². The first-order valence-electron chi connectivity index (χ1n) is 8.31. The van der Waals surface area contributed by atoms with E-state index < -0.39 is 0 Å². The molecule has 2 amide bonds. The number of rotatable bonds is 5. The molecule has 1 unspecified atom stereocenters. The van der Waals surface area contributed by atoms with E-state index in [0.29, 0.717) is 24.9 Å². The van der Waals surface area contributed by atoms with Gasteiger partial charge in [0.2, 0.25) is 5.88 Å². The van der Waals surface area contributed by atoms with Crippen LogP contribution < -0.4 is 10.1 Å². The van der Waals surface area contributed by atoms with Crippen LogP contribution in [0.2, 0.25) is 0 Å². The Morgan fingerprint density at radius 3 is 2.79 bits per heavy atom. The summed E-state index contributed by atoms with van der Waals surface area (Å²) in [6.07, 6.45) is 0.951. The van der Waals surface area contributed by atoms with E-state index in [2.05, 4.69) is 15.5 Å². The Hall–Kier alpha value is -2.63. The summed E-state index contributed by atoms with van der Waals surface area (Å²) in [6.45, 7) is 4.63. The lowest BCUT2D eigenvalue weighted by atomic mass is 10.1. The SMILES string of the molecule is CCNC(=O)N1CCC(COc2ccc(-c3ccccc3)nn2)C1. The van der Waals surface area contributed by atoms with Gasteiger partial charge in [-0.15, -0.1) is 10.2 Å². The molecule has 0 bridgehead atoms. The van der Waals surface area contributed by atoms with Crippen LogP contribution in [0.1, 0.15) is 13.3 Å². The van der Waals surface area contributed by atoms with Crippen molar-refractivity contribution in [1.82, 2.24) is 20.4 Å². The molecule has 0 saturated carbocycles. The molecule has 1 atom stereocenters. The number of aromatic nitrogens is 2. The largest absolute Gasteiger partial charge is 0.476 e. The number of hydrogen-bond acceptors (Lipinski definition) is 4. The minimum atomic E-state index is 0.00649. The highest BCUT2D eigenvalue weighted by Crippen LogP contribution is 2.19. The van der Waals surface area contributed by atoms with Gasteiger partial charge in [-0.25, -0.2) is 4.79 Å². The average molecular weight is 326 g/mol. The fourth-order valence-electron chi connectivity index (χ4n) is 2.78. The van der Waals surface area contributed by atoms with Crippen molar-refractivity contribution < 1.29 is 9.53 Å². The maximum absolute atomic E-state index is 11.8. The van der Waals surface area contributed by atoms with Gasteiger partial charge in [0.05, 0.1) is 12.3 Å². The summed E-state index contributed by atoms with van der Waals surface area (Å²) in [5, 5.41) is 11.2. The minimum absolute atomic E-state index is 0.00649. The Morgan fingerprint density at radius 1 is 1.25 bits per heavy atom. The van der Waals surface area contributed by atoms with Gasteiger partial charge in [-0.3, -0.25) is 0 Å². The van der Waals surface area contributed by atoms with Crippen LogP contribution in [0.15, 0.2) is 42.5 Å². The number of nitrogens with one attached hydrogen (secondary N) is 1. The number of nitrogens with zero attached hydrogens (tertiary/aromatic N) is 3. The molecule has 3 rings (SSSR count). The van der Waals surface area contributed by atoms with Gasteiger partial charge < -0.3 is 15.0 Å². The third-order valence-corrected chi connectivity index (χ3v) is 4.08. The second kappa shape index (κ2) is 7.77. The number of benzene rings is 1. The molecule has 1 fully saturated rings. The van der Waals surface area contributed by atoms with Crippen molar-refractivity contribution in [2.75, 3.05) is 26.2 Å². The molecular formula is C18H22N4O2. The monoisotopic (exact) mass is 326 g/mol. The molecule has 2 heterocycles. The van der Waals surface area contributed by atoms with Crippen molar-refractivity contribution in [3.63, 3.8) is 0 Å². The number of hydrogen-bond donors (Lipinski definition) is 1. The molecule has 0 aliphatic carbocycles. The molecule has 1 N–H and O–H groups in total. The maximum atomic E-state index is 11.8. The highest BCUT2D eigenvalue weighted by Gasteiger charge is 2.26. The zero-order valence-corrected chi connectivity index (χ0v) is 13.8. The summed E-state index contributed by atoms with van der Waals surface area (Å²) < 4.78 is 5.74. The first-order chi connectivity index (χ1) is 11.8. The van der Waals surface area contributed by atoms with Crippen LogP contribution in [0.5, 0.6) is 5.88 Å². The van der Waals surface area contributed by atoms with E-state index in [0.717, 1.165) is 30.8 Å². The van der Waals surface area contributed by atoms with Crippen LogP contribution in [-0.4, -0.2) is 47.4 Å². The van der Waals surface area contributed by atoms with Gasteiger partial charge in [-0.05, 0) is 19.4 Å². The lowest BCUT2D eigenvalue weighted by molar-refractivity contribution is 0.201. The summed E-state index contributed by atoms with van der Waals surface area (Å²) in [5.74, 6) is 0.856. The minimum Gasteiger partial charge on any atom is -0.476 e. The van der Waals surface area contributed by atoms with Gasteiger partial charge in [0.15, 0.2) is 0 Å². The second-order valence-corrected chi connectivity index (χ2v) is 5.87. The summed E-state index contributed by atoms with van der Waals surface area (Å²) in [6, 6.07) is 13.7. The molecule has 1 saturated heterocycles. The van der Waals surface area contributed by atoms with E-state index in [1.807, 2.05) is 54.3 Å². The number of likely N-dealkylation sites (tertiary alicyclic amines) is 1. The summed E-state index contributed by atoms with van der Waals surface area (Å²) in [4.78, 5) is 13.6. The van der Waals surface area contributed by atoms with Crippen molar-refractivity contribution in [3.8, 4) is 17.1 Å². The number of carbonyl (C=O) groups is 1. The molecule has 0 spiro atoms. The van der Waals surface area contributed by atoms with Crippen LogP contribution >= 0.6 is 0 Å². The number of carbonyl (C=O) groups excluding carboxylic acids is 1. The standard InChI is InChI=1S/C18H22N4O2/c1-2-19-18(23)22-11-10-14(12-22)13-24-17-9-8-16(20-21-17)15-6-4-3-5-7-15/h3-9,14H,2,10-13H2,1H3,(H,19,23). The molecule has 2 aromatic rings. The predicted molar refractivity (Wildman–Crippen MR) is 91.7 cm³/mol. The molecule has 126 valence electrons. The van der Waals surface area contributed by atoms with Crippen LogP contribution in [-0.2, 0) is 0 Å². The van der Waals surface area contributed by atoms with Crippen LogP contribution in [0.4, 0.5) is 4.79 Å². The molecule has 1 aromatic carbocycles. The molecule has 1 aromatic heterocycles. The van der Waals surface area contributed by atoms with Gasteiger partial charge in [0, 0.05) is 37.2 Å². The average Bonchev–Trinajstić information content (AvgIpc) is 3.11. The van der Waals surface area contributed by atoms with Crippen LogP contribution in [0.25, 0.3) is 11.3 Å². The smallest absolute Gasteiger partial charge is 0.317 e. The summed E-state index contributed by atoms with van der Waals surface area (Å²) in [7, 11) is 0. The third kappa shape index (κ3) is 4.01. The lowest BCUT2D eigenvalue weighted by Gasteiger charge is -2.16. The highest BCUT2D eigenvalue weighted by molar-refractivity contribution is 5.74. The summed E-state index contributed by atoms with van der Waals surface area (Å²) in [5.41, 5.74) is 1.86. The van der Waals surface area contributed by atoms with Gasteiger partial charge in [0.1, 0.15) is 0 Å². The molecule has 1 aliphatic heterocycles. The quantitative estimate of drug-likeness (QED) is 0.917. The first kappa shape index (κ1) is 16.2. The number of urea groups is 1. The van der Waals surface area contributed by atoms with Crippen LogP contribution in [0.3, 0.4) is 0 Å². The van der Waals surface area contributed by atoms with Crippen molar-refractivity contribution in [2.45, 2.75) is 13.3 Å². The fourth-order valence-corrected chi connectivity index (χ4v) is 2.78. The Labute approximate surface area is 141 Å². The maximum Gasteiger partial charge on any atom is 0.317 e. The third-order valence-electron chi connectivity index (χ3n) is 4.08. The molecule has 0 radical (unpaired) electrons. The molecule has 6 heteroatoms. The van der Waals surface area contributed by atoms with E-state index in [1.54, 1.807) is 0 Å². The molecule has 6 nitrogen and oxygen atoms in total. The Bertz CT molecular complexity index is 660. The number of ether oxygens (including phenoxy) is 1. The zero-order valence-electron chi connectivity index (χ0n) is 13.8. The highest BCUT2D eigenvalue weighted by atomic mass is 16.5. The normalized spacial score (nSPS) is 16.9. The van der Waals surface area contributed by atoms with E-state index >= 15 is 0 Å².